The summed E-state index contributed by atoms with van der Waals surface area (Å²) in [5.74, 6) is 0. The number of thiophene rings is 1. The molecule has 1 atom stereocenters. The van der Waals surface area contributed by atoms with Crippen LogP contribution in [0.5, 0.6) is 0 Å². The standard InChI is InChI=1S/C15H12ClNOS/c16-12-3-1-10(2-4-12)7-14(18)11-8-15-13(17-9-11)5-6-19-15/h1-6,8-9,14,18H,7H2. The van der Waals surface area contributed by atoms with Crippen LogP contribution in [0.1, 0.15) is 17.2 Å². The maximum Gasteiger partial charge on any atom is 0.0845 e. The number of hydrogen-bond donors (Lipinski definition) is 1. The van der Waals surface area contributed by atoms with Crippen LogP contribution in [-0.4, -0.2) is 10.1 Å². The first-order valence-electron chi connectivity index (χ1n) is 5.98. The minimum Gasteiger partial charge on any atom is -0.388 e. The van der Waals surface area contributed by atoms with Gasteiger partial charge in [-0.05, 0) is 35.2 Å². The van der Waals surface area contributed by atoms with E-state index in [2.05, 4.69) is 4.98 Å². The third-order valence-electron chi connectivity index (χ3n) is 3.05. The van der Waals surface area contributed by atoms with Gasteiger partial charge in [0.05, 0.1) is 16.3 Å². The predicted octanol–water partition coefficient (Wildman–Crippen LogP) is 4.23. The largest absolute Gasteiger partial charge is 0.388 e. The predicted molar refractivity (Wildman–Crippen MR) is 79.7 cm³/mol. The van der Waals surface area contributed by atoms with Gasteiger partial charge < -0.3 is 5.11 Å². The highest BCUT2D eigenvalue weighted by molar-refractivity contribution is 7.17. The van der Waals surface area contributed by atoms with E-state index in [4.69, 9.17) is 11.6 Å². The average molecular weight is 290 g/mol. The number of nitrogens with zero attached hydrogens (tertiary/aromatic N) is 1. The summed E-state index contributed by atoms with van der Waals surface area (Å²) in [7, 11) is 0. The van der Waals surface area contributed by atoms with Crippen LogP contribution in [0, 0.1) is 0 Å². The summed E-state index contributed by atoms with van der Waals surface area (Å²) in [4.78, 5) is 4.35. The molecule has 0 spiro atoms. The van der Waals surface area contributed by atoms with Crippen molar-refractivity contribution in [3.63, 3.8) is 0 Å². The minimum absolute atomic E-state index is 0.542. The molecular formula is C15H12ClNOS. The molecule has 0 radical (unpaired) electrons. The number of hydrogen-bond acceptors (Lipinski definition) is 3. The molecule has 96 valence electrons. The molecule has 0 fully saturated rings. The Hall–Kier alpha value is -1.42. The molecule has 2 aromatic heterocycles. The zero-order valence-corrected chi connectivity index (χ0v) is 11.7. The van der Waals surface area contributed by atoms with E-state index >= 15 is 0 Å². The van der Waals surface area contributed by atoms with Crippen LogP contribution < -0.4 is 0 Å². The second kappa shape index (κ2) is 5.29. The molecule has 1 aromatic carbocycles. The number of aliphatic hydroxyl groups excluding tert-OH is 1. The molecule has 4 heteroatoms. The fourth-order valence-corrected chi connectivity index (χ4v) is 2.92. The van der Waals surface area contributed by atoms with Crippen molar-refractivity contribution in [3.05, 3.63) is 64.1 Å². The van der Waals surface area contributed by atoms with E-state index in [-0.39, 0.29) is 0 Å². The van der Waals surface area contributed by atoms with Gasteiger partial charge in [0.2, 0.25) is 0 Å². The molecule has 2 nitrogen and oxygen atoms in total. The van der Waals surface area contributed by atoms with Gasteiger partial charge >= 0.3 is 0 Å². The van der Waals surface area contributed by atoms with Crippen molar-refractivity contribution in [2.45, 2.75) is 12.5 Å². The lowest BCUT2D eigenvalue weighted by molar-refractivity contribution is 0.178. The van der Waals surface area contributed by atoms with Gasteiger partial charge in [-0.15, -0.1) is 11.3 Å². The molecular weight excluding hydrogens is 278 g/mol. The third kappa shape index (κ3) is 2.78. The van der Waals surface area contributed by atoms with Crippen molar-refractivity contribution in [2.75, 3.05) is 0 Å². The van der Waals surface area contributed by atoms with E-state index in [1.54, 1.807) is 17.5 Å². The monoisotopic (exact) mass is 289 g/mol. The number of benzene rings is 1. The minimum atomic E-state index is -0.542. The van der Waals surface area contributed by atoms with Gasteiger partial charge in [0.25, 0.3) is 0 Å². The lowest BCUT2D eigenvalue weighted by atomic mass is 10.0. The molecule has 3 aromatic rings. The second-order valence-corrected chi connectivity index (χ2v) is 5.80. The van der Waals surface area contributed by atoms with E-state index in [0.717, 1.165) is 21.3 Å². The van der Waals surface area contributed by atoms with Crippen LogP contribution in [0.3, 0.4) is 0 Å². The first-order chi connectivity index (χ1) is 9.22. The fraction of sp³-hybridized carbons (Fsp3) is 0.133. The third-order valence-corrected chi connectivity index (χ3v) is 4.16. The number of aliphatic hydroxyl groups is 1. The van der Waals surface area contributed by atoms with Crippen molar-refractivity contribution < 1.29 is 5.11 Å². The summed E-state index contributed by atoms with van der Waals surface area (Å²) in [6.07, 6.45) is 1.77. The number of fused-ring (bicyclic) bond motifs is 1. The van der Waals surface area contributed by atoms with E-state index in [0.29, 0.717) is 11.4 Å². The molecule has 1 N–H and O–H groups in total. The van der Waals surface area contributed by atoms with Gasteiger partial charge in [-0.25, -0.2) is 0 Å². The average Bonchev–Trinajstić information content (AvgIpc) is 2.88. The lowest BCUT2D eigenvalue weighted by Gasteiger charge is -2.11. The van der Waals surface area contributed by atoms with E-state index in [9.17, 15) is 5.11 Å². The van der Waals surface area contributed by atoms with Gasteiger partial charge in [-0.3, -0.25) is 4.98 Å². The van der Waals surface area contributed by atoms with Crippen molar-refractivity contribution >= 4 is 33.2 Å². The zero-order valence-electron chi connectivity index (χ0n) is 10.1. The van der Waals surface area contributed by atoms with Crippen LogP contribution in [0.25, 0.3) is 10.2 Å². The summed E-state index contributed by atoms with van der Waals surface area (Å²) in [6, 6.07) is 11.5. The Labute approximate surface area is 120 Å². The summed E-state index contributed by atoms with van der Waals surface area (Å²) < 4.78 is 1.10. The second-order valence-electron chi connectivity index (χ2n) is 4.42. The Morgan fingerprint density at radius 2 is 2.00 bits per heavy atom. The molecule has 1 unspecified atom stereocenters. The first kappa shape index (κ1) is 12.6. The number of halogens is 1. The highest BCUT2D eigenvalue weighted by atomic mass is 35.5. The van der Waals surface area contributed by atoms with Crippen molar-refractivity contribution in [3.8, 4) is 0 Å². The molecule has 0 saturated carbocycles. The first-order valence-corrected chi connectivity index (χ1v) is 7.24. The highest BCUT2D eigenvalue weighted by Crippen LogP contribution is 2.25. The summed E-state index contributed by atoms with van der Waals surface area (Å²) in [5.41, 5.74) is 2.89. The fourth-order valence-electron chi connectivity index (χ4n) is 2.01. The summed E-state index contributed by atoms with van der Waals surface area (Å²) in [6.45, 7) is 0. The molecule has 0 aliphatic rings. The molecule has 3 rings (SSSR count). The van der Waals surface area contributed by atoms with Crippen molar-refractivity contribution in [1.82, 2.24) is 4.98 Å². The maximum absolute atomic E-state index is 10.3. The van der Waals surface area contributed by atoms with Crippen LogP contribution in [0.2, 0.25) is 5.02 Å². The molecule has 0 aliphatic carbocycles. The molecule has 19 heavy (non-hydrogen) atoms. The maximum atomic E-state index is 10.3. The van der Waals surface area contributed by atoms with Gasteiger partial charge in [-0.1, -0.05) is 23.7 Å². The van der Waals surface area contributed by atoms with Crippen LogP contribution in [0.4, 0.5) is 0 Å². The van der Waals surface area contributed by atoms with Crippen LogP contribution in [0.15, 0.2) is 48.0 Å². The van der Waals surface area contributed by atoms with Gasteiger partial charge in [0.15, 0.2) is 0 Å². The SMILES string of the molecule is OC(Cc1ccc(Cl)cc1)c1cnc2ccsc2c1. The Kier molecular flexibility index (Phi) is 3.51. The van der Waals surface area contributed by atoms with Crippen LogP contribution in [-0.2, 0) is 6.42 Å². The smallest absolute Gasteiger partial charge is 0.0845 e. The highest BCUT2D eigenvalue weighted by Gasteiger charge is 2.10. The zero-order chi connectivity index (χ0) is 13.2. The summed E-state index contributed by atoms with van der Waals surface area (Å²) >= 11 is 7.48. The summed E-state index contributed by atoms with van der Waals surface area (Å²) in [5, 5.41) is 13.0. The Morgan fingerprint density at radius 1 is 1.21 bits per heavy atom. The number of rotatable bonds is 3. The molecule has 2 heterocycles. The van der Waals surface area contributed by atoms with Crippen LogP contribution >= 0.6 is 22.9 Å². The Balaban J connectivity index is 1.82. The number of pyridine rings is 1. The number of aromatic nitrogens is 1. The topological polar surface area (TPSA) is 33.1 Å². The molecule has 0 aliphatic heterocycles. The Bertz CT molecular complexity index is 693. The quantitative estimate of drug-likeness (QED) is 0.783. The van der Waals surface area contributed by atoms with Gasteiger partial charge in [0.1, 0.15) is 0 Å². The van der Waals surface area contributed by atoms with E-state index < -0.39 is 6.10 Å². The molecule has 0 amide bonds. The lowest BCUT2D eigenvalue weighted by Crippen LogP contribution is -2.02. The van der Waals surface area contributed by atoms with Crippen molar-refractivity contribution in [1.29, 1.82) is 0 Å². The van der Waals surface area contributed by atoms with Gasteiger partial charge in [-0.2, -0.15) is 0 Å². The molecule has 0 saturated heterocycles. The van der Waals surface area contributed by atoms with E-state index in [1.807, 2.05) is 41.8 Å². The normalized spacial score (nSPS) is 12.7. The van der Waals surface area contributed by atoms with E-state index in [1.165, 1.54) is 0 Å². The van der Waals surface area contributed by atoms with Gasteiger partial charge in [0, 0.05) is 23.2 Å². The molecule has 0 bridgehead atoms. The Morgan fingerprint density at radius 3 is 2.79 bits per heavy atom. The van der Waals surface area contributed by atoms with Crippen molar-refractivity contribution in [2.24, 2.45) is 0 Å².